The Morgan fingerprint density at radius 2 is 2.23 bits per heavy atom. The molecule has 1 N–H and O–H groups in total. The Labute approximate surface area is 85.2 Å². The van der Waals surface area contributed by atoms with Crippen LogP contribution in [0.5, 0.6) is 0 Å². The van der Waals surface area contributed by atoms with Gasteiger partial charge in [0.15, 0.2) is 0 Å². The normalized spacial score (nSPS) is 26.5. The monoisotopic (exact) mass is 203 g/mol. The van der Waals surface area contributed by atoms with Crippen molar-refractivity contribution < 1.29 is 5.11 Å². The highest BCUT2D eigenvalue weighted by molar-refractivity contribution is 6.25. The van der Waals surface area contributed by atoms with E-state index in [0.717, 1.165) is 19.5 Å². The first-order chi connectivity index (χ1) is 6.38. The minimum absolute atomic E-state index is 0.274. The lowest BCUT2D eigenvalue weighted by Gasteiger charge is -2.26. The molecule has 0 aromatic carbocycles. The summed E-state index contributed by atoms with van der Waals surface area (Å²) in [4.78, 5) is 2.31. The SMILES string of the molecule is OCC1CCCCCN1C/C=C/Cl. The molecule has 1 aliphatic heterocycles. The van der Waals surface area contributed by atoms with Crippen LogP contribution in [0.25, 0.3) is 0 Å². The van der Waals surface area contributed by atoms with E-state index in [4.69, 9.17) is 11.6 Å². The van der Waals surface area contributed by atoms with E-state index in [1.165, 1.54) is 19.3 Å². The molecule has 0 bridgehead atoms. The van der Waals surface area contributed by atoms with Crippen molar-refractivity contribution in [3.05, 3.63) is 11.6 Å². The minimum atomic E-state index is 0.274. The third kappa shape index (κ3) is 3.67. The number of aliphatic hydroxyl groups is 1. The molecule has 3 heteroatoms. The van der Waals surface area contributed by atoms with Crippen molar-refractivity contribution in [2.45, 2.75) is 31.7 Å². The predicted octanol–water partition coefficient (Wildman–Crippen LogP) is 1.98. The first kappa shape index (κ1) is 11.0. The molecule has 0 aliphatic carbocycles. The number of nitrogens with zero attached hydrogens (tertiary/aromatic N) is 1. The van der Waals surface area contributed by atoms with Crippen molar-refractivity contribution >= 4 is 11.6 Å². The highest BCUT2D eigenvalue weighted by Crippen LogP contribution is 2.16. The summed E-state index contributed by atoms with van der Waals surface area (Å²) in [6, 6.07) is 0.343. The Hall–Kier alpha value is -0.0500. The van der Waals surface area contributed by atoms with Crippen LogP contribution >= 0.6 is 11.6 Å². The summed E-state index contributed by atoms with van der Waals surface area (Å²) in [5.41, 5.74) is 1.55. The molecule has 1 fully saturated rings. The van der Waals surface area contributed by atoms with Crippen molar-refractivity contribution in [2.75, 3.05) is 19.7 Å². The third-order valence-electron chi connectivity index (χ3n) is 2.64. The van der Waals surface area contributed by atoms with Crippen LogP contribution in [0.1, 0.15) is 25.7 Å². The van der Waals surface area contributed by atoms with Crippen LogP contribution in [-0.2, 0) is 0 Å². The van der Waals surface area contributed by atoms with Crippen molar-refractivity contribution in [3.63, 3.8) is 0 Å². The van der Waals surface area contributed by atoms with E-state index >= 15 is 0 Å². The van der Waals surface area contributed by atoms with Crippen LogP contribution in [0.15, 0.2) is 11.6 Å². The van der Waals surface area contributed by atoms with Crippen LogP contribution in [0.2, 0.25) is 0 Å². The average molecular weight is 204 g/mol. The van der Waals surface area contributed by atoms with E-state index in [2.05, 4.69) is 4.90 Å². The second-order valence-corrected chi connectivity index (χ2v) is 3.79. The molecule has 0 radical (unpaired) electrons. The molecule has 1 unspecified atom stereocenters. The molecule has 0 aromatic heterocycles. The molecule has 76 valence electrons. The fraction of sp³-hybridized carbons (Fsp3) is 0.800. The predicted molar refractivity (Wildman–Crippen MR) is 55.9 cm³/mol. The number of aliphatic hydroxyl groups excluding tert-OH is 1. The van der Waals surface area contributed by atoms with Gasteiger partial charge in [0.05, 0.1) is 6.61 Å². The lowest BCUT2D eigenvalue weighted by molar-refractivity contribution is 0.135. The maximum atomic E-state index is 9.19. The smallest absolute Gasteiger partial charge is 0.0586 e. The second kappa shape index (κ2) is 6.41. The van der Waals surface area contributed by atoms with Gasteiger partial charge in [-0.15, -0.1) is 0 Å². The van der Waals surface area contributed by atoms with Gasteiger partial charge in [0, 0.05) is 18.1 Å². The van der Waals surface area contributed by atoms with Gasteiger partial charge >= 0.3 is 0 Å². The molecule has 2 nitrogen and oxygen atoms in total. The van der Waals surface area contributed by atoms with Gasteiger partial charge in [0.25, 0.3) is 0 Å². The van der Waals surface area contributed by atoms with Gasteiger partial charge in [-0.1, -0.05) is 30.5 Å². The van der Waals surface area contributed by atoms with Crippen molar-refractivity contribution in [2.24, 2.45) is 0 Å². The van der Waals surface area contributed by atoms with E-state index in [1.807, 2.05) is 6.08 Å². The number of rotatable bonds is 3. The zero-order valence-electron chi connectivity index (χ0n) is 7.95. The average Bonchev–Trinajstić information content (AvgIpc) is 2.39. The standard InChI is InChI=1S/C10H18ClNO/c11-6-4-8-12-7-3-1-2-5-10(12)9-13/h4,6,10,13H,1-3,5,7-9H2/b6-4+. The topological polar surface area (TPSA) is 23.5 Å². The third-order valence-corrected chi connectivity index (χ3v) is 2.82. The van der Waals surface area contributed by atoms with Gasteiger partial charge < -0.3 is 5.11 Å². The van der Waals surface area contributed by atoms with Gasteiger partial charge in [-0.3, -0.25) is 4.90 Å². The molecule has 13 heavy (non-hydrogen) atoms. The number of hydrogen-bond donors (Lipinski definition) is 1. The zero-order valence-corrected chi connectivity index (χ0v) is 8.71. The van der Waals surface area contributed by atoms with Crippen molar-refractivity contribution in [3.8, 4) is 0 Å². The molecular weight excluding hydrogens is 186 g/mol. The molecule has 0 spiro atoms. The van der Waals surface area contributed by atoms with E-state index < -0.39 is 0 Å². The largest absolute Gasteiger partial charge is 0.395 e. The quantitative estimate of drug-likeness (QED) is 0.759. The Balaban J connectivity index is 2.43. The van der Waals surface area contributed by atoms with E-state index in [0.29, 0.717) is 6.04 Å². The fourth-order valence-corrected chi connectivity index (χ4v) is 1.94. The van der Waals surface area contributed by atoms with Gasteiger partial charge in [-0.2, -0.15) is 0 Å². The maximum Gasteiger partial charge on any atom is 0.0586 e. The summed E-state index contributed by atoms with van der Waals surface area (Å²) in [7, 11) is 0. The Kier molecular flexibility index (Phi) is 5.44. The lowest BCUT2D eigenvalue weighted by Crippen LogP contribution is -2.37. The second-order valence-electron chi connectivity index (χ2n) is 3.54. The summed E-state index contributed by atoms with van der Waals surface area (Å²) in [6.45, 7) is 2.23. The van der Waals surface area contributed by atoms with Gasteiger partial charge in [0.2, 0.25) is 0 Å². The number of hydrogen-bond acceptors (Lipinski definition) is 2. The summed E-state index contributed by atoms with van der Waals surface area (Å²) >= 11 is 5.48. The Bertz CT molecular complexity index is 161. The first-order valence-corrected chi connectivity index (χ1v) is 5.42. The molecule has 1 aliphatic rings. The zero-order chi connectivity index (χ0) is 9.52. The van der Waals surface area contributed by atoms with E-state index in [-0.39, 0.29) is 6.61 Å². The molecule has 0 aromatic rings. The highest BCUT2D eigenvalue weighted by atomic mass is 35.5. The Morgan fingerprint density at radius 1 is 1.38 bits per heavy atom. The Morgan fingerprint density at radius 3 is 2.92 bits per heavy atom. The highest BCUT2D eigenvalue weighted by Gasteiger charge is 2.18. The van der Waals surface area contributed by atoms with Crippen LogP contribution in [0.3, 0.4) is 0 Å². The fourth-order valence-electron chi connectivity index (χ4n) is 1.86. The molecule has 1 rings (SSSR count). The van der Waals surface area contributed by atoms with Gasteiger partial charge in [0.1, 0.15) is 0 Å². The maximum absolute atomic E-state index is 9.19. The van der Waals surface area contributed by atoms with Gasteiger partial charge in [-0.05, 0) is 19.4 Å². The van der Waals surface area contributed by atoms with Crippen molar-refractivity contribution in [1.29, 1.82) is 0 Å². The van der Waals surface area contributed by atoms with Crippen LogP contribution in [0, 0.1) is 0 Å². The summed E-state index contributed by atoms with van der Waals surface area (Å²) in [5, 5.41) is 9.19. The molecular formula is C10H18ClNO. The summed E-state index contributed by atoms with van der Waals surface area (Å²) in [6.07, 6.45) is 6.83. The number of halogens is 1. The molecule has 1 saturated heterocycles. The summed E-state index contributed by atoms with van der Waals surface area (Å²) < 4.78 is 0. The van der Waals surface area contributed by atoms with Crippen LogP contribution in [-0.4, -0.2) is 35.7 Å². The van der Waals surface area contributed by atoms with Gasteiger partial charge in [-0.25, -0.2) is 0 Å². The van der Waals surface area contributed by atoms with E-state index in [1.54, 1.807) is 5.54 Å². The lowest BCUT2D eigenvalue weighted by atomic mass is 10.1. The summed E-state index contributed by atoms with van der Waals surface area (Å²) in [5.74, 6) is 0. The molecule has 1 atom stereocenters. The first-order valence-electron chi connectivity index (χ1n) is 4.98. The molecule has 1 heterocycles. The molecule has 0 amide bonds. The van der Waals surface area contributed by atoms with Crippen LogP contribution in [0.4, 0.5) is 0 Å². The van der Waals surface area contributed by atoms with Crippen molar-refractivity contribution in [1.82, 2.24) is 4.90 Å². The molecule has 0 saturated carbocycles. The van der Waals surface area contributed by atoms with Crippen LogP contribution < -0.4 is 0 Å². The van der Waals surface area contributed by atoms with E-state index in [9.17, 15) is 5.11 Å². The minimum Gasteiger partial charge on any atom is -0.395 e. The number of likely N-dealkylation sites (tertiary alicyclic amines) is 1.